The Morgan fingerprint density at radius 2 is 1.73 bits per heavy atom. The van der Waals surface area contributed by atoms with Crippen LogP contribution in [0.15, 0.2) is 54.6 Å². The van der Waals surface area contributed by atoms with Crippen molar-refractivity contribution in [2.75, 3.05) is 31.7 Å². The minimum Gasteiger partial charge on any atom is -0.382 e. The Kier molecular flexibility index (Phi) is 6.07. The van der Waals surface area contributed by atoms with Crippen LogP contribution in [-0.2, 0) is 16.0 Å². The second kappa shape index (κ2) is 8.47. The second-order valence-corrected chi connectivity index (χ2v) is 7.13. The molecule has 1 heterocycles. The molecule has 0 atom stereocenters. The van der Waals surface area contributed by atoms with Gasteiger partial charge in [0.25, 0.3) is 0 Å². The van der Waals surface area contributed by atoms with Gasteiger partial charge in [0.2, 0.25) is 5.91 Å². The number of nitrogens with zero attached hydrogens (tertiary/aromatic N) is 1. The lowest BCUT2D eigenvalue weighted by Gasteiger charge is -2.46. The highest BCUT2D eigenvalue weighted by Crippen LogP contribution is 2.32. The Balaban J connectivity index is 1.94. The molecule has 26 heavy (non-hydrogen) atoms. The maximum absolute atomic E-state index is 13.4. The van der Waals surface area contributed by atoms with Crippen molar-refractivity contribution in [3.63, 3.8) is 0 Å². The van der Waals surface area contributed by atoms with Gasteiger partial charge < -0.3 is 15.0 Å². The minimum atomic E-state index is -0.302. The predicted octanol–water partition coefficient (Wildman–Crippen LogP) is 3.34. The molecule has 1 saturated heterocycles. The summed E-state index contributed by atoms with van der Waals surface area (Å²) in [5.41, 5.74) is 2.89. The maximum Gasteiger partial charge on any atom is 0.232 e. The van der Waals surface area contributed by atoms with Gasteiger partial charge >= 0.3 is 0 Å². The SMILES string of the molecule is COCC1(N(C(=O)Cc2ccc(C)cc2)c2ccccc2)CCNCC1. The van der Waals surface area contributed by atoms with Crippen LogP contribution < -0.4 is 10.2 Å². The zero-order valence-electron chi connectivity index (χ0n) is 15.7. The summed E-state index contributed by atoms with van der Waals surface area (Å²) in [6.07, 6.45) is 2.17. The lowest BCUT2D eigenvalue weighted by Crippen LogP contribution is -2.60. The number of piperidine rings is 1. The molecule has 0 bridgehead atoms. The van der Waals surface area contributed by atoms with Crippen LogP contribution in [0.5, 0.6) is 0 Å². The number of anilines is 1. The van der Waals surface area contributed by atoms with Crippen LogP contribution in [0.2, 0.25) is 0 Å². The van der Waals surface area contributed by atoms with Crippen molar-refractivity contribution in [2.24, 2.45) is 0 Å². The summed E-state index contributed by atoms with van der Waals surface area (Å²) >= 11 is 0. The average Bonchev–Trinajstić information content (AvgIpc) is 2.66. The van der Waals surface area contributed by atoms with Gasteiger partial charge in [0, 0.05) is 12.8 Å². The lowest BCUT2D eigenvalue weighted by molar-refractivity contribution is -0.120. The van der Waals surface area contributed by atoms with Crippen molar-refractivity contribution >= 4 is 11.6 Å². The van der Waals surface area contributed by atoms with Crippen molar-refractivity contribution in [1.82, 2.24) is 5.32 Å². The summed E-state index contributed by atoms with van der Waals surface area (Å²) in [4.78, 5) is 15.4. The Hall–Kier alpha value is -2.17. The number of rotatable bonds is 6. The zero-order valence-corrected chi connectivity index (χ0v) is 15.7. The number of para-hydroxylation sites is 1. The fourth-order valence-corrected chi connectivity index (χ4v) is 3.81. The van der Waals surface area contributed by atoms with E-state index in [-0.39, 0.29) is 11.4 Å². The summed E-state index contributed by atoms with van der Waals surface area (Å²) in [5.74, 6) is 0.124. The molecule has 3 rings (SSSR count). The lowest BCUT2D eigenvalue weighted by atomic mass is 9.86. The third-order valence-electron chi connectivity index (χ3n) is 5.16. The van der Waals surface area contributed by atoms with Gasteiger partial charge in [-0.15, -0.1) is 0 Å². The van der Waals surface area contributed by atoms with Crippen LogP contribution in [-0.4, -0.2) is 38.3 Å². The highest BCUT2D eigenvalue weighted by Gasteiger charge is 2.41. The largest absolute Gasteiger partial charge is 0.382 e. The number of carbonyl (C=O) groups excluding carboxylic acids is 1. The Bertz CT molecular complexity index is 701. The number of nitrogens with one attached hydrogen (secondary N) is 1. The summed E-state index contributed by atoms with van der Waals surface area (Å²) in [7, 11) is 1.72. The van der Waals surface area contributed by atoms with Gasteiger partial charge in [0.15, 0.2) is 0 Å². The van der Waals surface area contributed by atoms with Crippen molar-refractivity contribution < 1.29 is 9.53 Å². The minimum absolute atomic E-state index is 0.124. The van der Waals surface area contributed by atoms with E-state index in [0.717, 1.165) is 37.2 Å². The van der Waals surface area contributed by atoms with E-state index in [1.165, 1.54) is 5.56 Å². The summed E-state index contributed by atoms with van der Waals surface area (Å²) in [6, 6.07) is 18.2. The molecule has 1 fully saturated rings. The molecule has 0 spiro atoms. The van der Waals surface area contributed by atoms with Crippen LogP contribution in [0, 0.1) is 6.92 Å². The molecule has 2 aromatic rings. The van der Waals surface area contributed by atoms with Gasteiger partial charge in [-0.2, -0.15) is 0 Å². The number of benzene rings is 2. The van der Waals surface area contributed by atoms with Crippen LogP contribution in [0.4, 0.5) is 5.69 Å². The van der Waals surface area contributed by atoms with Crippen molar-refractivity contribution in [2.45, 2.75) is 31.7 Å². The maximum atomic E-state index is 13.4. The van der Waals surface area contributed by atoms with Crippen LogP contribution >= 0.6 is 0 Å². The quantitative estimate of drug-likeness (QED) is 0.867. The summed E-state index contributed by atoms with van der Waals surface area (Å²) < 4.78 is 5.58. The summed E-state index contributed by atoms with van der Waals surface area (Å²) in [5, 5.41) is 3.41. The third kappa shape index (κ3) is 4.14. The number of methoxy groups -OCH3 is 1. The average molecular weight is 352 g/mol. The Morgan fingerprint density at radius 3 is 2.35 bits per heavy atom. The molecule has 1 N–H and O–H groups in total. The van der Waals surface area contributed by atoms with E-state index in [0.29, 0.717) is 13.0 Å². The van der Waals surface area contributed by atoms with E-state index in [2.05, 4.69) is 24.4 Å². The molecule has 4 nitrogen and oxygen atoms in total. The number of ether oxygens (including phenoxy) is 1. The van der Waals surface area contributed by atoms with Gasteiger partial charge in [-0.05, 0) is 50.6 Å². The number of hydrogen-bond donors (Lipinski definition) is 1. The standard InChI is InChI=1S/C22H28N2O2/c1-18-8-10-19(11-9-18)16-21(25)24(20-6-4-3-5-7-20)22(17-26-2)12-14-23-15-13-22/h3-11,23H,12-17H2,1-2H3. The van der Waals surface area contributed by atoms with Crippen molar-refractivity contribution in [3.8, 4) is 0 Å². The smallest absolute Gasteiger partial charge is 0.232 e. The molecule has 0 aliphatic carbocycles. The molecule has 0 unspecified atom stereocenters. The van der Waals surface area contributed by atoms with Crippen LogP contribution in [0.3, 0.4) is 0 Å². The molecule has 1 aliphatic rings. The first-order valence-corrected chi connectivity index (χ1v) is 9.28. The first kappa shape index (κ1) is 18.6. The van der Waals surface area contributed by atoms with Crippen molar-refractivity contribution in [1.29, 1.82) is 0 Å². The Labute approximate surface area is 156 Å². The number of hydrogen-bond acceptors (Lipinski definition) is 3. The van der Waals surface area contributed by atoms with E-state index < -0.39 is 0 Å². The van der Waals surface area contributed by atoms with Gasteiger partial charge in [0.1, 0.15) is 0 Å². The molecular weight excluding hydrogens is 324 g/mol. The zero-order chi connectivity index (χ0) is 18.4. The molecule has 4 heteroatoms. The molecule has 1 aliphatic heterocycles. The fourth-order valence-electron chi connectivity index (χ4n) is 3.81. The van der Waals surface area contributed by atoms with Gasteiger partial charge in [-0.3, -0.25) is 4.79 Å². The topological polar surface area (TPSA) is 41.6 Å². The first-order valence-electron chi connectivity index (χ1n) is 9.28. The van der Waals surface area contributed by atoms with E-state index in [9.17, 15) is 4.79 Å². The predicted molar refractivity (Wildman–Crippen MR) is 106 cm³/mol. The van der Waals surface area contributed by atoms with E-state index in [1.807, 2.05) is 47.4 Å². The number of carbonyl (C=O) groups is 1. The van der Waals surface area contributed by atoms with Crippen molar-refractivity contribution in [3.05, 3.63) is 65.7 Å². The van der Waals surface area contributed by atoms with E-state index >= 15 is 0 Å². The monoisotopic (exact) mass is 352 g/mol. The first-order chi connectivity index (χ1) is 12.6. The fraction of sp³-hybridized carbons (Fsp3) is 0.409. The van der Waals surface area contributed by atoms with Gasteiger partial charge in [-0.25, -0.2) is 0 Å². The van der Waals surface area contributed by atoms with Crippen LogP contribution in [0.1, 0.15) is 24.0 Å². The molecule has 1 amide bonds. The molecule has 2 aromatic carbocycles. The number of amides is 1. The van der Waals surface area contributed by atoms with E-state index in [4.69, 9.17) is 4.74 Å². The second-order valence-electron chi connectivity index (χ2n) is 7.13. The van der Waals surface area contributed by atoms with E-state index in [1.54, 1.807) is 7.11 Å². The number of aryl methyl sites for hydroxylation is 1. The van der Waals surface area contributed by atoms with Crippen LogP contribution in [0.25, 0.3) is 0 Å². The molecule has 138 valence electrons. The van der Waals surface area contributed by atoms with Gasteiger partial charge in [0.05, 0.1) is 18.6 Å². The third-order valence-corrected chi connectivity index (χ3v) is 5.16. The molecule has 0 saturated carbocycles. The highest BCUT2D eigenvalue weighted by atomic mass is 16.5. The molecule has 0 aromatic heterocycles. The normalized spacial score (nSPS) is 16.2. The summed E-state index contributed by atoms with van der Waals surface area (Å²) in [6.45, 7) is 4.39. The molecular formula is C22H28N2O2. The molecule has 0 radical (unpaired) electrons. The van der Waals surface area contributed by atoms with Gasteiger partial charge in [-0.1, -0.05) is 48.0 Å². The highest BCUT2D eigenvalue weighted by molar-refractivity contribution is 5.96. The Morgan fingerprint density at radius 1 is 1.08 bits per heavy atom.